The number of carbonyl (C=O) groups is 1. The Morgan fingerprint density at radius 3 is 2.68 bits per heavy atom. The van der Waals surface area contributed by atoms with E-state index in [0.717, 1.165) is 73.6 Å². The van der Waals surface area contributed by atoms with Crippen LogP contribution in [-0.4, -0.2) is 56.7 Å². The number of carbonyl (C=O) groups excluding carboxylic acids is 1. The third-order valence-corrected chi connectivity index (χ3v) is 8.32. The number of ether oxygens (including phenoxy) is 1. The molecule has 0 aliphatic carbocycles. The minimum Gasteiger partial charge on any atom is -0.493 e. The van der Waals surface area contributed by atoms with Crippen molar-refractivity contribution in [1.29, 1.82) is 0 Å². The van der Waals surface area contributed by atoms with Crippen LogP contribution < -0.4 is 20.3 Å². The van der Waals surface area contributed by atoms with Gasteiger partial charge in [0.1, 0.15) is 5.75 Å². The molecule has 2 aliphatic heterocycles. The first-order valence-electron chi connectivity index (χ1n) is 15.5. The van der Waals surface area contributed by atoms with Crippen LogP contribution in [0.1, 0.15) is 68.3 Å². The second kappa shape index (κ2) is 13.9. The van der Waals surface area contributed by atoms with Crippen LogP contribution in [0.4, 0.5) is 17.1 Å². The van der Waals surface area contributed by atoms with Gasteiger partial charge in [-0.2, -0.15) is 0 Å². The molecule has 0 spiro atoms. The van der Waals surface area contributed by atoms with Gasteiger partial charge in [0.2, 0.25) is 0 Å². The van der Waals surface area contributed by atoms with Crippen LogP contribution in [0.2, 0.25) is 0 Å². The lowest BCUT2D eigenvalue weighted by Crippen LogP contribution is -2.32. The largest absolute Gasteiger partial charge is 0.493 e. The van der Waals surface area contributed by atoms with E-state index in [0.29, 0.717) is 24.8 Å². The molecule has 1 atom stereocenters. The Morgan fingerprint density at radius 2 is 1.83 bits per heavy atom. The Bertz CT molecular complexity index is 1320. The van der Waals surface area contributed by atoms with Crippen LogP contribution in [-0.2, 0) is 6.42 Å². The molecular formula is C35H46N4O2. The van der Waals surface area contributed by atoms with E-state index in [4.69, 9.17) is 4.74 Å². The summed E-state index contributed by atoms with van der Waals surface area (Å²) < 4.78 is 6.46. The molecule has 6 nitrogen and oxygen atoms in total. The normalized spacial score (nSPS) is 16.0. The summed E-state index contributed by atoms with van der Waals surface area (Å²) in [4.78, 5) is 18.3. The molecule has 1 amide bonds. The third-order valence-electron chi connectivity index (χ3n) is 8.32. The summed E-state index contributed by atoms with van der Waals surface area (Å²) in [7, 11) is 2.21. The molecular weight excluding hydrogens is 508 g/mol. The highest BCUT2D eigenvalue weighted by Gasteiger charge is 2.25. The lowest BCUT2D eigenvalue weighted by molar-refractivity contribution is 0.0986. The van der Waals surface area contributed by atoms with Crippen molar-refractivity contribution in [3.63, 3.8) is 0 Å². The molecule has 41 heavy (non-hydrogen) atoms. The molecule has 2 heterocycles. The number of hydrogen-bond donors (Lipinski definition) is 2. The lowest BCUT2D eigenvalue weighted by Gasteiger charge is -2.23. The number of benzene rings is 3. The van der Waals surface area contributed by atoms with Crippen molar-refractivity contribution in [2.45, 2.75) is 64.8 Å². The van der Waals surface area contributed by atoms with Gasteiger partial charge in [-0.05, 0) is 113 Å². The van der Waals surface area contributed by atoms with E-state index in [2.05, 4.69) is 66.8 Å². The number of nitrogens with zero attached hydrogens (tertiary/aromatic N) is 2. The zero-order chi connectivity index (χ0) is 28.6. The highest BCUT2D eigenvalue weighted by Crippen LogP contribution is 2.36. The van der Waals surface area contributed by atoms with Gasteiger partial charge in [0.05, 0.1) is 18.0 Å². The maximum Gasteiger partial charge on any atom is 0.258 e. The van der Waals surface area contributed by atoms with Crippen LogP contribution in [0.25, 0.3) is 11.1 Å². The predicted molar refractivity (Wildman–Crippen MR) is 172 cm³/mol. The Balaban J connectivity index is 1.35. The van der Waals surface area contributed by atoms with Gasteiger partial charge in [-0.3, -0.25) is 4.79 Å². The zero-order valence-electron chi connectivity index (χ0n) is 25.0. The minimum atomic E-state index is 0.0107. The molecule has 0 saturated heterocycles. The Morgan fingerprint density at radius 1 is 1.00 bits per heavy atom. The molecule has 2 aliphatic rings. The molecule has 5 rings (SSSR count). The fourth-order valence-corrected chi connectivity index (χ4v) is 5.87. The molecule has 0 fully saturated rings. The van der Waals surface area contributed by atoms with Gasteiger partial charge in [-0.1, -0.05) is 38.0 Å². The number of fused-ring (bicyclic) bond motifs is 2. The number of amides is 1. The number of para-hydroxylation sites is 2. The van der Waals surface area contributed by atoms with Gasteiger partial charge in [0.25, 0.3) is 5.91 Å². The van der Waals surface area contributed by atoms with Gasteiger partial charge < -0.3 is 25.2 Å². The van der Waals surface area contributed by atoms with Gasteiger partial charge in [-0.25, -0.2) is 0 Å². The summed E-state index contributed by atoms with van der Waals surface area (Å²) >= 11 is 0. The average molecular weight is 555 g/mol. The second-order valence-corrected chi connectivity index (χ2v) is 11.6. The van der Waals surface area contributed by atoms with Gasteiger partial charge in [0, 0.05) is 35.9 Å². The number of nitrogens with one attached hydrogen (secondary N) is 2. The SMILES string of the molecule is CCCCCN(C)CCCCOc1cc(C(=O)N2CC[C@H](C)Nc3ccccc32)ccc1-c1ccc2c(c1)CCN2. The van der Waals surface area contributed by atoms with Gasteiger partial charge in [-0.15, -0.1) is 0 Å². The number of rotatable bonds is 12. The Labute approximate surface area is 246 Å². The summed E-state index contributed by atoms with van der Waals surface area (Å²) in [6.45, 7) is 8.94. The molecule has 3 aromatic rings. The van der Waals surface area contributed by atoms with Crippen LogP contribution >= 0.6 is 0 Å². The standard InChI is InChI=1S/C35H46N4O2/c1-4-5-8-20-38(3)21-9-10-23-41-34-25-29(13-15-30(34)27-14-16-31-28(24-27)17-19-36-31)35(40)39-22-18-26(2)37-32-11-6-7-12-33(32)39/h6-7,11-16,24-26,36-37H,4-5,8-10,17-23H2,1-3H3/t26-/m0/s1. The van der Waals surface area contributed by atoms with E-state index in [9.17, 15) is 4.79 Å². The zero-order valence-corrected chi connectivity index (χ0v) is 25.0. The number of unbranched alkanes of at least 4 members (excludes halogenated alkanes) is 3. The second-order valence-electron chi connectivity index (χ2n) is 11.6. The first kappa shape index (κ1) is 29.0. The van der Waals surface area contributed by atoms with Gasteiger partial charge >= 0.3 is 0 Å². The van der Waals surface area contributed by atoms with Crippen molar-refractivity contribution in [1.82, 2.24) is 4.90 Å². The lowest BCUT2D eigenvalue weighted by atomic mass is 9.99. The minimum absolute atomic E-state index is 0.0107. The third kappa shape index (κ3) is 7.23. The van der Waals surface area contributed by atoms with Crippen molar-refractivity contribution in [2.24, 2.45) is 0 Å². The van der Waals surface area contributed by atoms with E-state index in [1.54, 1.807) is 0 Å². The van der Waals surface area contributed by atoms with E-state index < -0.39 is 0 Å². The topological polar surface area (TPSA) is 56.8 Å². The molecule has 0 unspecified atom stereocenters. The van der Waals surface area contributed by atoms with Crippen LogP contribution in [0.5, 0.6) is 5.75 Å². The first-order valence-corrected chi connectivity index (χ1v) is 15.5. The fraction of sp³-hybridized carbons (Fsp3) is 0.457. The maximum atomic E-state index is 14.0. The Hall–Kier alpha value is -3.51. The molecule has 0 bridgehead atoms. The number of anilines is 3. The van der Waals surface area contributed by atoms with Crippen LogP contribution in [0.3, 0.4) is 0 Å². The Kier molecular flexibility index (Phi) is 9.84. The summed E-state index contributed by atoms with van der Waals surface area (Å²) in [5.41, 5.74) is 7.32. The molecule has 3 aromatic carbocycles. The number of hydrogen-bond acceptors (Lipinski definition) is 5. The van der Waals surface area contributed by atoms with E-state index in [-0.39, 0.29) is 5.91 Å². The van der Waals surface area contributed by atoms with Crippen molar-refractivity contribution in [3.05, 3.63) is 71.8 Å². The fourth-order valence-electron chi connectivity index (χ4n) is 5.87. The monoisotopic (exact) mass is 554 g/mol. The highest BCUT2D eigenvalue weighted by atomic mass is 16.5. The molecule has 0 aromatic heterocycles. The van der Waals surface area contributed by atoms with Crippen molar-refractivity contribution in [2.75, 3.05) is 55.4 Å². The quantitative estimate of drug-likeness (QED) is 0.228. The van der Waals surface area contributed by atoms with E-state index >= 15 is 0 Å². The van der Waals surface area contributed by atoms with Crippen molar-refractivity contribution < 1.29 is 9.53 Å². The summed E-state index contributed by atoms with van der Waals surface area (Å²) in [6, 6.07) is 21.0. The molecule has 6 heteroatoms. The van der Waals surface area contributed by atoms with Gasteiger partial charge in [0.15, 0.2) is 0 Å². The molecule has 218 valence electrons. The molecule has 2 N–H and O–H groups in total. The molecule has 0 saturated carbocycles. The van der Waals surface area contributed by atoms with E-state index in [1.165, 1.54) is 30.5 Å². The van der Waals surface area contributed by atoms with E-state index in [1.807, 2.05) is 35.2 Å². The van der Waals surface area contributed by atoms with Crippen LogP contribution in [0.15, 0.2) is 60.7 Å². The average Bonchev–Trinajstić information content (AvgIpc) is 3.39. The van der Waals surface area contributed by atoms with Crippen LogP contribution in [0, 0.1) is 0 Å². The predicted octanol–water partition coefficient (Wildman–Crippen LogP) is 7.45. The summed E-state index contributed by atoms with van der Waals surface area (Å²) in [5, 5.41) is 7.01. The van der Waals surface area contributed by atoms with Crippen molar-refractivity contribution >= 4 is 23.0 Å². The first-order chi connectivity index (χ1) is 20.0. The smallest absolute Gasteiger partial charge is 0.258 e. The molecule has 0 radical (unpaired) electrons. The summed E-state index contributed by atoms with van der Waals surface area (Å²) in [6.07, 6.45) is 7.81. The summed E-state index contributed by atoms with van der Waals surface area (Å²) in [5.74, 6) is 0.796. The van der Waals surface area contributed by atoms with Crippen molar-refractivity contribution in [3.8, 4) is 16.9 Å². The maximum absolute atomic E-state index is 14.0. The highest BCUT2D eigenvalue weighted by molar-refractivity contribution is 6.08.